The molecule has 1 aliphatic rings. The highest BCUT2D eigenvalue weighted by Gasteiger charge is 2.45. The average molecular weight is 499 g/mol. The Labute approximate surface area is 182 Å². The third-order valence-electron chi connectivity index (χ3n) is 5.10. The Hall–Kier alpha value is -2.03. The van der Waals surface area contributed by atoms with Crippen LogP contribution in [0.2, 0.25) is 0 Å². The van der Waals surface area contributed by atoms with Gasteiger partial charge in [-0.1, -0.05) is 24.3 Å². The van der Waals surface area contributed by atoms with Gasteiger partial charge >= 0.3 is 0 Å². The molecule has 2 aromatic carbocycles. The van der Waals surface area contributed by atoms with Crippen molar-refractivity contribution in [3.8, 4) is 11.5 Å². The van der Waals surface area contributed by atoms with Crippen LogP contribution >= 0.6 is 24.0 Å². The summed E-state index contributed by atoms with van der Waals surface area (Å²) in [7, 11) is 3.28. The molecule has 1 saturated carbocycles. The number of benzene rings is 2. The largest absolute Gasteiger partial charge is 0.508 e. The maximum atomic E-state index is 14.1. The topological polar surface area (TPSA) is 65.9 Å². The Morgan fingerprint density at radius 3 is 2.57 bits per heavy atom. The lowest BCUT2D eigenvalue weighted by Gasteiger charge is -2.19. The van der Waals surface area contributed by atoms with E-state index in [-0.39, 0.29) is 41.0 Å². The first-order valence-electron chi connectivity index (χ1n) is 9.13. The molecule has 0 bridgehead atoms. The Morgan fingerprint density at radius 2 is 1.96 bits per heavy atom. The molecule has 0 aliphatic heterocycles. The number of ether oxygens (including phenoxy) is 1. The van der Waals surface area contributed by atoms with Crippen molar-refractivity contribution in [2.24, 2.45) is 4.99 Å². The van der Waals surface area contributed by atoms with Crippen LogP contribution in [0.3, 0.4) is 0 Å². The number of guanidine groups is 1. The van der Waals surface area contributed by atoms with Gasteiger partial charge in [-0.15, -0.1) is 24.0 Å². The highest BCUT2D eigenvalue weighted by Crippen LogP contribution is 2.48. The van der Waals surface area contributed by atoms with Gasteiger partial charge in [0.05, 0.1) is 7.11 Å². The number of rotatable bonds is 7. The minimum atomic E-state index is -0.144. The normalized spacial score (nSPS) is 14.8. The lowest BCUT2D eigenvalue weighted by molar-refractivity contribution is 0.406. The Bertz CT molecular complexity index is 825. The summed E-state index contributed by atoms with van der Waals surface area (Å²) >= 11 is 0. The molecule has 0 amide bonds. The predicted molar refractivity (Wildman–Crippen MR) is 120 cm³/mol. The number of hydrogen-bond donors (Lipinski definition) is 3. The van der Waals surface area contributed by atoms with E-state index in [2.05, 4.69) is 15.6 Å². The maximum Gasteiger partial charge on any atom is 0.191 e. The third-order valence-corrected chi connectivity index (χ3v) is 5.10. The van der Waals surface area contributed by atoms with Gasteiger partial charge in [-0.25, -0.2) is 4.39 Å². The summed E-state index contributed by atoms with van der Waals surface area (Å²) in [5.74, 6) is 1.38. The van der Waals surface area contributed by atoms with Gasteiger partial charge in [-0.2, -0.15) is 0 Å². The first kappa shape index (κ1) is 22.3. The molecule has 0 unspecified atom stereocenters. The maximum absolute atomic E-state index is 14.1. The van der Waals surface area contributed by atoms with Gasteiger partial charge in [0.1, 0.15) is 17.3 Å². The molecule has 152 valence electrons. The zero-order chi connectivity index (χ0) is 19.3. The standard InChI is InChI=1S/C21H26FN3O2.HI/c1-23-20(24-12-9-15-7-8-16(27-2)13-19(15)26)25-14-21(10-11-21)17-5-3-4-6-18(17)22;/h3-8,13,26H,9-12,14H2,1-2H3,(H2,23,24,25);1H. The van der Waals surface area contributed by atoms with E-state index >= 15 is 0 Å². The molecule has 3 rings (SSSR count). The first-order chi connectivity index (χ1) is 13.1. The zero-order valence-electron chi connectivity index (χ0n) is 16.2. The van der Waals surface area contributed by atoms with E-state index < -0.39 is 0 Å². The smallest absolute Gasteiger partial charge is 0.191 e. The number of halogens is 2. The minimum absolute atomic E-state index is 0. The number of phenols is 1. The second kappa shape index (κ2) is 9.95. The molecule has 28 heavy (non-hydrogen) atoms. The monoisotopic (exact) mass is 499 g/mol. The van der Waals surface area contributed by atoms with E-state index in [0.717, 1.165) is 24.0 Å². The van der Waals surface area contributed by atoms with Gasteiger partial charge in [0, 0.05) is 31.6 Å². The van der Waals surface area contributed by atoms with E-state index in [9.17, 15) is 9.50 Å². The van der Waals surface area contributed by atoms with Crippen molar-refractivity contribution in [3.63, 3.8) is 0 Å². The first-order valence-corrected chi connectivity index (χ1v) is 9.13. The van der Waals surface area contributed by atoms with Crippen molar-refractivity contribution in [2.75, 3.05) is 27.2 Å². The lowest BCUT2D eigenvalue weighted by Crippen LogP contribution is -2.42. The predicted octanol–water partition coefficient (Wildman–Crippen LogP) is 3.60. The molecule has 7 heteroatoms. The Balaban J connectivity index is 0.00000280. The van der Waals surface area contributed by atoms with Crippen LogP contribution in [0.4, 0.5) is 4.39 Å². The number of phenolic OH excluding ortho intramolecular Hbond substituents is 1. The molecule has 1 fully saturated rings. The van der Waals surface area contributed by atoms with Crippen LogP contribution in [0.1, 0.15) is 24.0 Å². The van der Waals surface area contributed by atoms with Crippen LogP contribution < -0.4 is 15.4 Å². The van der Waals surface area contributed by atoms with Gasteiger partial charge in [-0.3, -0.25) is 4.99 Å². The zero-order valence-corrected chi connectivity index (χ0v) is 18.5. The second-order valence-electron chi connectivity index (χ2n) is 6.86. The molecule has 0 atom stereocenters. The number of nitrogens with zero attached hydrogens (tertiary/aromatic N) is 1. The lowest BCUT2D eigenvalue weighted by atomic mass is 9.95. The van der Waals surface area contributed by atoms with Crippen LogP contribution in [0.25, 0.3) is 0 Å². The highest BCUT2D eigenvalue weighted by molar-refractivity contribution is 14.0. The number of methoxy groups -OCH3 is 1. The van der Waals surface area contributed by atoms with Crippen LogP contribution in [-0.2, 0) is 11.8 Å². The van der Waals surface area contributed by atoms with Crippen molar-refractivity contribution >= 4 is 29.9 Å². The highest BCUT2D eigenvalue weighted by atomic mass is 127. The molecule has 3 N–H and O–H groups in total. The van der Waals surface area contributed by atoms with Gasteiger partial charge < -0.3 is 20.5 Å². The van der Waals surface area contributed by atoms with Crippen LogP contribution in [0, 0.1) is 5.82 Å². The average Bonchev–Trinajstić information content (AvgIpc) is 3.46. The number of nitrogens with one attached hydrogen (secondary N) is 2. The van der Waals surface area contributed by atoms with Crippen LogP contribution in [-0.4, -0.2) is 38.3 Å². The van der Waals surface area contributed by atoms with Crippen molar-refractivity contribution in [1.29, 1.82) is 0 Å². The van der Waals surface area contributed by atoms with E-state index in [1.807, 2.05) is 24.3 Å². The van der Waals surface area contributed by atoms with Crippen molar-refractivity contribution in [2.45, 2.75) is 24.7 Å². The van der Waals surface area contributed by atoms with Crippen LogP contribution in [0.5, 0.6) is 11.5 Å². The van der Waals surface area contributed by atoms with Crippen LogP contribution in [0.15, 0.2) is 47.5 Å². The number of aromatic hydroxyl groups is 1. The molecule has 0 aromatic heterocycles. The Kier molecular flexibility index (Phi) is 7.91. The van der Waals surface area contributed by atoms with Gasteiger partial charge in [-0.05, 0) is 42.5 Å². The summed E-state index contributed by atoms with van der Waals surface area (Å²) in [4.78, 5) is 4.23. The summed E-state index contributed by atoms with van der Waals surface area (Å²) in [6.45, 7) is 1.26. The summed E-state index contributed by atoms with van der Waals surface area (Å²) < 4.78 is 19.2. The fraction of sp³-hybridized carbons (Fsp3) is 0.381. The second-order valence-corrected chi connectivity index (χ2v) is 6.86. The molecule has 0 spiro atoms. The molecule has 2 aromatic rings. The SMILES string of the molecule is CN=C(NCCc1ccc(OC)cc1O)NCC1(c2ccccc2F)CC1.I. The van der Waals surface area contributed by atoms with E-state index in [1.54, 1.807) is 26.3 Å². The van der Waals surface area contributed by atoms with E-state index in [4.69, 9.17) is 4.74 Å². The molecule has 0 radical (unpaired) electrons. The van der Waals surface area contributed by atoms with Crippen molar-refractivity contribution < 1.29 is 14.2 Å². The number of aliphatic imine (C=N–C) groups is 1. The van der Waals surface area contributed by atoms with Gasteiger partial charge in [0.2, 0.25) is 0 Å². The molecule has 5 nitrogen and oxygen atoms in total. The molecular formula is C21H27FIN3O2. The van der Waals surface area contributed by atoms with Gasteiger partial charge in [0.15, 0.2) is 5.96 Å². The summed E-state index contributed by atoms with van der Waals surface area (Å²) in [6.07, 6.45) is 2.59. The molecular weight excluding hydrogens is 472 g/mol. The van der Waals surface area contributed by atoms with E-state index in [1.165, 1.54) is 6.07 Å². The quantitative estimate of drug-likeness (QED) is 0.310. The summed E-state index contributed by atoms with van der Waals surface area (Å²) in [5, 5.41) is 16.6. The fourth-order valence-electron chi connectivity index (χ4n) is 3.25. The molecule has 0 saturated heterocycles. The summed E-state index contributed by atoms with van der Waals surface area (Å²) in [6, 6.07) is 12.3. The van der Waals surface area contributed by atoms with Gasteiger partial charge in [0.25, 0.3) is 0 Å². The summed E-state index contributed by atoms with van der Waals surface area (Å²) in [5.41, 5.74) is 1.47. The Morgan fingerprint density at radius 1 is 1.21 bits per heavy atom. The molecule has 0 heterocycles. The minimum Gasteiger partial charge on any atom is -0.508 e. The van der Waals surface area contributed by atoms with Crippen molar-refractivity contribution in [3.05, 3.63) is 59.4 Å². The third kappa shape index (κ3) is 5.27. The number of hydrogen-bond acceptors (Lipinski definition) is 3. The van der Waals surface area contributed by atoms with Crippen molar-refractivity contribution in [1.82, 2.24) is 10.6 Å². The molecule has 1 aliphatic carbocycles. The fourth-order valence-corrected chi connectivity index (χ4v) is 3.25. The van der Waals surface area contributed by atoms with E-state index in [0.29, 0.717) is 31.2 Å².